The average Bonchev–Trinajstić information content (AvgIpc) is 1.87. The van der Waals surface area contributed by atoms with Crippen molar-refractivity contribution in [1.82, 2.24) is 5.32 Å². The smallest absolute Gasteiger partial charge is 0.111 e. The zero-order valence-corrected chi connectivity index (χ0v) is 6.36. The lowest BCUT2D eigenvalue weighted by Crippen LogP contribution is -2.16. The van der Waals surface area contributed by atoms with Gasteiger partial charge in [0.05, 0.1) is 5.82 Å². The minimum absolute atomic E-state index is 0.785. The number of nitrogens with two attached hydrogens (primary N) is 1. The standard InChI is InChI=1S/C6H14BN2/c1-5(4-7-2)6(8)9-3/h9H,4,8H2,1-3H3/b6-5+. The van der Waals surface area contributed by atoms with Gasteiger partial charge in [-0.25, -0.2) is 0 Å². The zero-order valence-electron chi connectivity index (χ0n) is 6.36. The lowest BCUT2D eigenvalue weighted by Gasteiger charge is -2.03. The minimum atomic E-state index is 0.785. The van der Waals surface area contributed by atoms with Crippen LogP contribution in [0.3, 0.4) is 0 Å². The van der Waals surface area contributed by atoms with Crippen LogP contribution in [0.1, 0.15) is 6.92 Å². The summed E-state index contributed by atoms with van der Waals surface area (Å²) < 4.78 is 0. The summed E-state index contributed by atoms with van der Waals surface area (Å²) in [6.45, 7) is 4.04. The van der Waals surface area contributed by atoms with Gasteiger partial charge in [-0.1, -0.05) is 13.1 Å². The summed E-state index contributed by atoms with van der Waals surface area (Å²) >= 11 is 0. The fourth-order valence-electron chi connectivity index (χ4n) is 0.630. The van der Waals surface area contributed by atoms with E-state index in [9.17, 15) is 0 Å². The average molecular weight is 125 g/mol. The van der Waals surface area contributed by atoms with E-state index in [1.165, 1.54) is 5.57 Å². The number of allylic oxidation sites excluding steroid dienone is 1. The van der Waals surface area contributed by atoms with E-state index >= 15 is 0 Å². The van der Waals surface area contributed by atoms with Crippen molar-refractivity contribution in [3.8, 4) is 0 Å². The summed E-state index contributed by atoms with van der Waals surface area (Å²) in [5.74, 6) is 0.785. The summed E-state index contributed by atoms with van der Waals surface area (Å²) in [7, 11) is 3.91. The van der Waals surface area contributed by atoms with Gasteiger partial charge < -0.3 is 11.1 Å². The van der Waals surface area contributed by atoms with Crippen molar-refractivity contribution in [2.45, 2.75) is 20.1 Å². The maximum absolute atomic E-state index is 5.55. The fourth-order valence-corrected chi connectivity index (χ4v) is 0.630. The second-order valence-electron chi connectivity index (χ2n) is 2.06. The molecule has 0 bridgehead atoms. The van der Waals surface area contributed by atoms with Crippen LogP contribution in [0.25, 0.3) is 0 Å². The lowest BCUT2D eigenvalue weighted by atomic mass is 9.75. The Morgan fingerprint density at radius 2 is 2.22 bits per heavy atom. The molecule has 2 nitrogen and oxygen atoms in total. The molecule has 0 atom stereocenters. The molecule has 0 aromatic heterocycles. The van der Waals surface area contributed by atoms with Gasteiger partial charge in [-0.05, 0) is 12.5 Å². The third kappa shape index (κ3) is 3.06. The molecular weight excluding hydrogens is 111 g/mol. The largest absolute Gasteiger partial charge is 0.386 e. The number of nitrogens with one attached hydrogen (secondary N) is 1. The van der Waals surface area contributed by atoms with Crippen molar-refractivity contribution in [3.05, 3.63) is 11.4 Å². The van der Waals surface area contributed by atoms with Gasteiger partial charge in [0.15, 0.2) is 0 Å². The van der Waals surface area contributed by atoms with E-state index in [-0.39, 0.29) is 0 Å². The summed E-state index contributed by atoms with van der Waals surface area (Å²) in [5, 5.41) is 2.89. The maximum Gasteiger partial charge on any atom is 0.111 e. The van der Waals surface area contributed by atoms with E-state index in [1.807, 2.05) is 20.8 Å². The molecule has 0 unspecified atom stereocenters. The number of hydrogen-bond donors (Lipinski definition) is 2. The number of rotatable bonds is 3. The van der Waals surface area contributed by atoms with Gasteiger partial charge in [-0.2, -0.15) is 0 Å². The van der Waals surface area contributed by atoms with Crippen LogP contribution in [0.2, 0.25) is 13.1 Å². The van der Waals surface area contributed by atoms with Crippen molar-refractivity contribution in [3.63, 3.8) is 0 Å². The molecule has 0 spiro atoms. The Morgan fingerprint density at radius 1 is 1.67 bits per heavy atom. The predicted octanol–water partition coefficient (Wildman–Crippen LogP) is 0.567. The first kappa shape index (κ1) is 8.40. The van der Waals surface area contributed by atoms with Crippen LogP contribution >= 0.6 is 0 Å². The van der Waals surface area contributed by atoms with E-state index in [2.05, 4.69) is 12.6 Å². The summed E-state index contributed by atoms with van der Waals surface area (Å²) in [6.07, 6.45) is 0.965. The lowest BCUT2D eigenvalue weighted by molar-refractivity contribution is 0.932. The minimum Gasteiger partial charge on any atom is -0.386 e. The van der Waals surface area contributed by atoms with E-state index in [1.54, 1.807) is 0 Å². The molecule has 0 rings (SSSR count). The molecule has 0 saturated carbocycles. The monoisotopic (exact) mass is 125 g/mol. The molecule has 1 radical (unpaired) electrons. The molecule has 0 aromatic rings. The van der Waals surface area contributed by atoms with Crippen LogP contribution in [0, 0.1) is 0 Å². The van der Waals surface area contributed by atoms with Gasteiger partial charge in [0.1, 0.15) is 7.28 Å². The highest BCUT2D eigenvalue weighted by atomic mass is 15.0. The van der Waals surface area contributed by atoms with Gasteiger partial charge in [-0.15, -0.1) is 0 Å². The van der Waals surface area contributed by atoms with Crippen LogP contribution < -0.4 is 11.1 Å². The summed E-state index contributed by atoms with van der Waals surface area (Å²) in [5.41, 5.74) is 6.75. The predicted molar refractivity (Wildman–Crippen MR) is 42.4 cm³/mol. The van der Waals surface area contributed by atoms with Gasteiger partial charge >= 0.3 is 0 Å². The van der Waals surface area contributed by atoms with Crippen molar-refractivity contribution in [2.24, 2.45) is 5.73 Å². The Balaban J connectivity index is 3.78. The molecule has 0 aliphatic heterocycles. The van der Waals surface area contributed by atoms with Gasteiger partial charge in [0.2, 0.25) is 0 Å². The van der Waals surface area contributed by atoms with Gasteiger partial charge in [0, 0.05) is 7.05 Å². The molecule has 0 heterocycles. The second-order valence-corrected chi connectivity index (χ2v) is 2.06. The van der Waals surface area contributed by atoms with E-state index in [4.69, 9.17) is 5.73 Å². The molecule has 3 N–H and O–H groups in total. The third-order valence-electron chi connectivity index (χ3n) is 1.24. The normalized spacial score (nSPS) is 12.3. The Labute approximate surface area is 57.8 Å². The molecule has 0 aliphatic rings. The summed E-state index contributed by atoms with van der Waals surface area (Å²) in [4.78, 5) is 0. The molecule has 0 aliphatic carbocycles. The van der Waals surface area contributed by atoms with E-state index in [0.29, 0.717) is 0 Å². The Morgan fingerprint density at radius 3 is 2.56 bits per heavy atom. The molecule has 9 heavy (non-hydrogen) atoms. The highest BCUT2D eigenvalue weighted by molar-refractivity contribution is 6.34. The molecular formula is C6H14BN2. The van der Waals surface area contributed by atoms with Crippen molar-refractivity contribution in [2.75, 3.05) is 7.05 Å². The van der Waals surface area contributed by atoms with E-state index in [0.717, 1.165) is 12.1 Å². The maximum atomic E-state index is 5.55. The quantitative estimate of drug-likeness (QED) is 0.541. The molecule has 0 amide bonds. The zero-order chi connectivity index (χ0) is 7.28. The Hall–Kier alpha value is -0.595. The van der Waals surface area contributed by atoms with Gasteiger partial charge in [-0.3, -0.25) is 0 Å². The third-order valence-corrected chi connectivity index (χ3v) is 1.24. The molecule has 51 valence electrons. The van der Waals surface area contributed by atoms with Crippen LogP contribution in [0.15, 0.2) is 11.4 Å². The topological polar surface area (TPSA) is 38.0 Å². The van der Waals surface area contributed by atoms with Crippen molar-refractivity contribution < 1.29 is 0 Å². The highest BCUT2D eigenvalue weighted by Crippen LogP contribution is 1.99. The molecule has 3 heteroatoms. The Kier molecular flexibility index (Phi) is 4.02. The van der Waals surface area contributed by atoms with Crippen LogP contribution in [0.5, 0.6) is 0 Å². The van der Waals surface area contributed by atoms with Crippen molar-refractivity contribution in [1.29, 1.82) is 0 Å². The van der Waals surface area contributed by atoms with Crippen LogP contribution in [-0.4, -0.2) is 14.3 Å². The fraction of sp³-hybridized carbons (Fsp3) is 0.667. The SMILES string of the molecule is C[B]C/C(C)=C(\N)NC. The highest BCUT2D eigenvalue weighted by Gasteiger charge is 1.92. The first-order chi connectivity index (χ1) is 4.22. The first-order valence-electron chi connectivity index (χ1n) is 3.13. The van der Waals surface area contributed by atoms with Gasteiger partial charge in [0.25, 0.3) is 0 Å². The molecule has 0 aromatic carbocycles. The van der Waals surface area contributed by atoms with Crippen LogP contribution in [0.4, 0.5) is 0 Å². The first-order valence-corrected chi connectivity index (χ1v) is 3.13. The second kappa shape index (κ2) is 4.30. The van der Waals surface area contributed by atoms with Crippen molar-refractivity contribution >= 4 is 7.28 Å². The Bertz CT molecular complexity index is 110. The molecule has 0 saturated heterocycles. The molecule has 0 fully saturated rings. The number of hydrogen-bond acceptors (Lipinski definition) is 2. The van der Waals surface area contributed by atoms with E-state index < -0.39 is 0 Å². The summed E-state index contributed by atoms with van der Waals surface area (Å²) in [6, 6.07) is 0. The van der Waals surface area contributed by atoms with Crippen LogP contribution in [-0.2, 0) is 0 Å².